The topological polar surface area (TPSA) is 12.0 Å². The molecular weight excluding hydrogens is 218 g/mol. The maximum atomic E-state index is 3.65. The molecule has 0 saturated carbocycles. The molecule has 3 rings (SSSR count). The molecule has 1 aliphatic heterocycles. The number of nitrogens with one attached hydrogen (secondary N) is 1. The van der Waals surface area contributed by atoms with Gasteiger partial charge >= 0.3 is 0 Å². The zero-order chi connectivity index (χ0) is 12.7. The second-order valence-corrected chi connectivity index (χ2v) is 5.42. The van der Waals surface area contributed by atoms with Crippen LogP contribution in [-0.4, -0.2) is 0 Å². The van der Waals surface area contributed by atoms with Gasteiger partial charge in [-0.1, -0.05) is 35.9 Å². The van der Waals surface area contributed by atoms with Crippen LogP contribution in [0, 0.1) is 20.8 Å². The van der Waals surface area contributed by atoms with Crippen molar-refractivity contribution in [1.82, 2.24) is 0 Å². The summed E-state index contributed by atoms with van der Waals surface area (Å²) in [6, 6.07) is 13.8. The van der Waals surface area contributed by atoms with Gasteiger partial charge in [0.15, 0.2) is 0 Å². The highest BCUT2D eigenvalue weighted by Gasteiger charge is 2.23. The molecule has 2 aromatic rings. The van der Waals surface area contributed by atoms with Gasteiger partial charge in [0, 0.05) is 5.69 Å². The highest BCUT2D eigenvalue weighted by molar-refractivity contribution is 5.62. The lowest BCUT2D eigenvalue weighted by molar-refractivity contribution is 0.821. The molecule has 1 N–H and O–H groups in total. The van der Waals surface area contributed by atoms with Gasteiger partial charge in [0.2, 0.25) is 0 Å². The fourth-order valence-electron chi connectivity index (χ4n) is 2.84. The molecule has 92 valence electrons. The number of hydrogen-bond acceptors (Lipinski definition) is 1. The van der Waals surface area contributed by atoms with Crippen LogP contribution in [0.25, 0.3) is 0 Å². The van der Waals surface area contributed by atoms with Crippen LogP contribution in [0.4, 0.5) is 5.69 Å². The normalized spacial score (nSPS) is 17.4. The third-order valence-electron chi connectivity index (χ3n) is 3.84. The summed E-state index contributed by atoms with van der Waals surface area (Å²) in [5.41, 5.74) is 8.25. The number of anilines is 1. The van der Waals surface area contributed by atoms with Crippen molar-refractivity contribution in [1.29, 1.82) is 0 Å². The Balaban J connectivity index is 1.93. The van der Waals surface area contributed by atoms with E-state index in [2.05, 4.69) is 62.5 Å². The number of hydrogen-bond donors (Lipinski definition) is 1. The van der Waals surface area contributed by atoms with Gasteiger partial charge in [-0.3, -0.25) is 0 Å². The van der Waals surface area contributed by atoms with Crippen molar-refractivity contribution in [2.45, 2.75) is 33.2 Å². The van der Waals surface area contributed by atoms with E-state index in [1.54, 1.807) is 0 Å². The van der Waals surface area contributed by atoms with Gasteiger partial charge in [-0.15, -0.1) is 0 Å². The molecule has 1 aliphatic rings. The van der Waals surface area contributed by atoms with Gasteiger partial charge in [-0.2, -0.15) is 0 Å². The first-order valence-electron chi connectivity index (χ1n) is 6.57. The average molecular weight is 237 g/mol. The van der Waals surface area contributed by atoms with E-state index in [1.807, 2.05) is 0 Å². The SMILES string of the molecule is Cc1ccc(C2Cc3c(C)cc(C)cc3N2)cc1. The first-order chi connectivity index (χ1) is 8.63. The second kappa shape index (κ2) is 4.16. The molecule has 0 saturated heterocycles. The molecule has 0 aliphatic carbocycles. The van der Waals surface area contributed by atoms with Crippen LogP contribution in [-0.2, 0) is 6.42 Å². The van der Waals surface area contributed by atoms with Gasteiger partial charge in [-0.25, -0.2) is 0 Å². The molecule has 0 amide bonds. The molecule has 1 atom stereocenters. The maximum absolute atomic E-state index is 3.65. The number of aryl methyl sites for hydroxylation is 3. The van der Waals surface area contributed by atoms with Gasteiger partial charge in [-0.05, 0) is 55.5 Å². The van der Waals surface area contributed by atoms with Crippen molar-refractivity contribution >= 4 is 5.69 Å². The molecule has 1 heterocycles. The fraction of sp³-hybridized carbons (Fsp3) is 0.294. The molecule has 1 heteroatoms. The van der Waals surface area contributed by atoms with Gasteiger partial charge in [0.25, 0.3) is 0 Å². The summed E-state index contributed by atoms with van der Waals surface area (Å²) in [6.07, 6.45) is 1.10. The Kier molecular flexibility index (Phi) is 2.62. The highest BCUT2D eigenvalue weighted by atomic mass is 14.9. The molecule has 18 heavy (non-hydrogen) atoms. The molecule has 0 aromatic heterocycles. The summed E-state index contributed by atoms with van der Waals surface area (Å²) >= 11 is 0. The molecule has 0 radical (unpaired) electrons. The predicted molar refractivity (Wildman–Crippen MR) is 77.2 cm³/mol. The van der Waals surface area contributed by atoms with Crippen molar-refractivity contribution in [2.75, 3.05) is 5.32 Å². The monoisotopic (exact) mass is 237 g/mol. The third-order valence-corrected chi connectivity index (χ3v) is 3.84. The minimum absolute atomic E-state index is 0.432. The molecule has 1 unspecified atom stereocenters. The lowest BCUT2D eigenvalue weighted by Crippen LogP contribution is -2.05. The first-order valence-corrected chi connectivity index (χ1v) is 6.57. The molecule has 1 nitrogen and oxygen atoms in total. The van der Waals surface area contributed by atoms with E-state index < -0.39 is 0 Å². The van der Waals surface area contributed by atoms with Crippen LogP contribution in [0.5, 0.6) is 0 Å². The van der Waals surface area contributed by atoms with E-state index >= 15 is 0 Å². The Labute approximate surface area is 109 Å². The van der Waals surface area contributed by atoms with Crippen molar-refractivity contribution in [3.63, 3.8) is 0 Å². The summed E-state index contributed by atoms with van der Waals surface area (Å²) in [7, 11) is 0. The van der Waals surface area contributed by atoms with Crippen molar-refractivity contribution in [3.8, 4) is 0 Å². The molecular formula is C17H19N. The predicted octanol–water partition coefficient (Wildman–Crippen LogP) is 4.32. The fourth-order valence-corrected chi connectivity index (χ4v) is 2.84. The third kappa shape index (κ3) is 1.90. The van der Waals surface area contributed by atoms with E-state index in [-0.39, 0.29) is 0 Å². The molecule has 0 fully saturated rings. The van der Waals surface area contributed by atoms with Crippen molar-refractivity contribution < 1.29 is 0 Å². The summed E-state index contributed by atoms with van der Waals surface area (Å²) in [5, 5.41) is 3.65. The zero-order valence-electron chi connectivity index (χ0n) is 11.2. The Morgan fingerprint density at radius 2 is 1.67 bits per heavy atom. The Hall–Kier alpha value is -1.76. The quantitative estimate of drug-likeness (QED) is 0.778. The first kappa shape index (κ1) is 11.3. The van der Waals surface area contributed by atoms with E-state index in [0.717, 1.165) is 6.42 Å². The van der Waals surface area contributed by atoms with E-state index in [9.17, 15) is 0 Å². The lowest BCUT2D eigenvalue weighted by Gasteiger charge is -2.11. The Morgan fingerprint density at radius 3 is 2.39 bits per heavy atom. The number of fused-ring (bicyclic) bond motifs is 1. The number of rotatable bonds is 1. The minimum Gasteiger partial charge on any atom is -0.378 e. The largest absolute Gasteiger partial charge is 0.378 e. The molecule has 2 aromatic carbocycles. The zero-order valence-corrected chi connectivity index (χ0v) is 11.2. The van der Waals surface area contributed by atoms with Crippen LogP contribution in [0.1, 0.15) is 33.9 Å². The second-order valence-electron chi connectivity index (χ2n) is 5.42. The van der Waals surface area contributed by atoms with Crippen molar-refractivity contribution in [3.05, 3.63) is 64.2 Å². The van der Waals surface area contributed by atoms with Gasteiger partial charge in [0.05, 0.1) is 6.04 Å². The summed E-state index contributed by atoms with van der Waals surface area (Å²) in [5.74, 6) is 0. The average Bonchev–Trinajstić information content (AvgIpc) is 2.74. The summed E-state index contributed by atoms with van der Waals surface area (Å²) in [4.78, 5) is 0. The van der Waals surface area contributed by atoms with Crippen LogP contribution in [0.3, 0.4) is 0 Å². The number of benzene rings is 2. The van der Waals surface area contributed by atoms with Crippen LogP contribution in [0.2, 0.25) is 0 Å². The van der Waals surface area contributed by atoms with Gasteiger partial charge in [0.1, 0.15) is 0 Å². The van der Waals surface area contributed by atoms with Crippen LogP contribution < -0.4 is 5.32 Å². The standard InChI is InChI=1S/C17H19N/c1-11-4-6-14(7-5-11)16-10-15-13(3)8-12(2)9-17(15)18-16/h4-9,16,18H,10H2,1-3H3. The maximum Gasteiger partial charge on any atom is 0.0555 e. The Morgan fingerprint density at radius 1 is 0.944 bits per heavy atom. The minimum atomic E-state index is 0.432. The Bertz CT molecular complexity index is 581. The highest BCUT2D eigenvalue weighted by Crippen LogP contribution is 2.36. The molecule has 0 spiro atoms. The van der Waals surface area contributed by atoms with Gasteiger partial charge < -0.3 is 5.32 Å². The smallest absolute Gasteiger partial charge is 0.0555 e. The van der Waals surface area contributed by atoms with E-state index in [0.29, 0.717) is 6.04 Å². The van der Waals surface area contributed by atoms with E-state index in [4.69, 9.17) is 0 Å². The van der Waals surface area contributed by atoms with Crippen molar-refractivity contribution in [2.24, 2.45) is 0 Å². The summed E-state index contributed by atoms with van der Waals surface area (Å²) in [6.45, 7) is 6.51. The van der Waals surface area contributed by atoms with E-state index in [1.165, 1.54) is 33.5 Å². The van der Waals surface area contributed by atoms with Crippen LogP contribution >= 0.6 is 0 Å². The summed E-state index contributed by atoms with van der Waals surface area (Å²) < 4.78 is 0. The van der Waals surface area contributed by atoms with Crippen LogP contribution in [0.15, 0.2) is 36.4 Å². The molecule has 0 bridgehead atoms. The lowest BCUT2D eigenvalue weighted by atomic mass is 9.98.